The minimum absolute atomic E-state index is 0.109. The zero-order chi connectivity index (χ0) is 69.3. The van der Waals surface area contributed by atoms with Crippen molar-refractivity contribution in [3.8, 4) is 100 Å². The first-order chi connectivity index (χ1) is 49.2. The molecular formula is C71H81N26O3S+. The lowest BCUT2D eigenvalue weighted by Crippen LogP contribution is -2.51. The van der Waals surface area contributed by atoms with Crippen LogP contribution in [0.4, 0.5) is 22.2 Å². The van der Waals surface area contributed by atoms with Crippen molar-refractivity contribution in [3.05, 3.63) is 153 Å². The molecule has 0 aliphatic carbocycles. The van der Waals surface area contributed by atoms with E-state index in [4.69, 9.17) is 24.7 Å². The Bertz CT molecular complexity index is 4810. The minimum atomic E-state index is -0.494. The Labute approximate surface area is 587 Å². The normalized spacial score (nSPS) is 16.9. The molecule has 4 fully saturated rings. The van der Waals surface area contributed by atoms with Crippen molar-refractivity contribution >= 4 is 35.0 Å². The third kappa shape index (κ3) is 16.4. The number of β-amino-alcohol motifs (C(OH)–C–C–N with tert-alkyl or cyclic N) is 1. The average molecular weight is 1380 g/mol. The SMILES string of the molecule is CN1CCOC(CNc2nc(-c3cccc(-c4cnn(C)c4)c3)ncc2-c2cnn(C)c2)C1.Cn1cc(-c2cccc(-c3ncc(-c4ccn(C)n4)c(NC[C@H]4CCNC4)n3)c2)cn1.Cn1cc(-c2cccc(-c3ncc(-c4nn[n+](C(=O)N5CC[C@@H](O)C5)s4)c(NCC4CNC4)n3)c2)cn1. The number of hydrogen-bond acceptors (Lipinski definition) is 23. The summed E-state index contributed by atoms with van der Waals surface area (Å²) in [5.74, 6) is 5.31. The maximum Gasteiger partial charge on any atom is 0.473 e. The summed E-state index contributed by atoms with van der Waals surface area (Å²) in [5.41, 5.74) is 13.5. The molecule has 4 saturated heterocycles. The molecule has 3 atom stereocenters. The smallest absolute Gasteiger partial charge is 0.390 e. The molecule has 13 heterocycles. The number of hydrogen-bond donors (Lipinski definition) is 6. The molecule has 1 unspecified atom stereocenters. The van der Waals surface area contributed by atoms with E-state index in [2.05, 4.69) is 109 Å². The van der Waals surface area contributed by atoms with E-state index in [0.29, 0.717) is 71.8 Å². The van der Waals surface area contributed by atoms with Gasteiger partial charge in [0.15, 0.2) is 17.5 Å². The summed E-state index contributed by atoms with van der Waals surface area (Å²) in [4.78, 5) is 45.4. The Morgan fingerprint density at radius 1 is 0.554 bits per heavy atom. The number of aryl methyl sites for hydroxylation is 5. The van der Waals surface area contributed by atoms with E-state index in [1.165, 1.54) is 10.5 Å². The second kappa shape index (κ2) is 30.7. The predicted octanol–water partition coefficient (Wildman–Crippen LogP) is 6.67. The van der Waals surface area contributed by atoms with Crippen molar-refractivity contribution in [2.75, 3.05) is 102 Å². The highest BCUT2D eigenvalue weighted by atomic mass is 32.1. The number of aromatic nitrogens is 19. The highest BCUT2D eigenvalue weighted by Crippen LogP contribution is 2.34. The summed E-state index contributed by atoms with van der Waals surface area (Å²) >= 11 is 1.13. The van der Waals surface area contributed by atoms with E-state index in [9.17, 15) is 9.90 Å². The van der Waals surface area contributed by atoms with Crippen LogP contribution in [0.1, 0.15) is 12.8 Å². The molecule has 0 spiro atoms. The number of benzene rings is 3. The summed E-state index contributed by atoms with van der Waals surface area (Å²) in [6, 6.07) is 26.2. The van der Waals surface area contributed by atoms with Gasteiger partial charge < -0.3 is 41.3 Å². The summed E-state index contributed by atoms with van der Waals surface area (Å²) in [6.45, 7) is 9.74. The molecule has 0 saturated carbocycles. The molecule has 9 aromatic heterocycles. The van der Waals surface area contributed by atoms with Crippen LogP contribution in [0.25, 0.3) is 100 Å². The lowest BCUT2D eigenvalue weighted by atomic mass is 10.0. The molecule has 518 valence electrons. The standard InChI is InChI=1S/C24H26N10O2S.C24H28N8O.C23H26N8/c1-32-13-18(11-28-32)16-3-2-4-17(7-16)21-27-12-20(22(29-21)26-10-15-8-25-9-15)23-30-31-34(37-23)24(36)33-6-5-19(35)14-33;1-30-7-8-33-21(16-30)12-25-24-22(20-11-28-32(3)15-20)13-26-23(29-24)18-6-4-5-17(9-18)19-10-27-31(2)14-19;1-30-9-7-21(29-30)20-14-26-22(28-23(20)25-12-16-6-8-24-11-16)18-5-3-4-17(10-18)19-13-27-31(2)15-19/h2-4,7,11-13,15,19,25,35H,5-6,8-10,14H2,1H3;4-6,9-11,13-15,21H,7-8,12,16H2,1-3H3,(H,25,26,29);3-5,7,9-10,13-16,24H,6,8,11-12H2,1-2H3,(H,25,26,28)/p+1/t19-;;16-/m1.0/s1. The number of carbonyl (C=O) groups is 1. The molecule has 1 amide bonds. The molecule has 6 N–H and O–H groups in total. The van der Waals surface area contributed by atoms with Crippen LogP contribution in [0.2, 0.25) is 0 Å². The van der Waals surface area contributed by atoms with Crippen LogP contribution in [0.15, 0.2) is 153 Å². The Hall–Kier alpha value is -10.9. The number of aliphatic hydroxyl groups is 1. The second-order valence-corrected chi connectivity index (χ2v) is 26.8. The molecule has 101 heavy (non-hydrogen) atoms. The topological polar surface area (TPSA) is 309 Å². The van der Waals surface area contributed by atoms with Gasteiger partial charge in [-0.1, -0.05) is 54.6 Å². The molecule has 3 aromatic carbocycles. The van der Waals surface area contributed by atoms with Crippen molar-refractivity contribution in [2.24, 2.45) is 47.1 Å². The Kier molecular flexibility index (Phi) is 20.5. The Morgan fingerprint density at radius 3 is 1.54 bits per heavy atom. The van der Waals surface area contributed by atoms with Gasteiger partial charge in [-0.15, -0.1) is 0 Å². The van der Waals surface area contributed by atoms with Crippen molar-refractivity contribution < 1.29 is 18.7 Å². The van der Waals surface area contributed by atoms with E-state index in [-0.39, 0.29) is 12.1 Å². The van der Waals surface area contributed by atoms with Gasteiger partial charge in [0.25, 0.3) is 5.01 Å². The molecule has 12 aromatic rings. The maximum atomic E-state index is 12.8. The fourth-order valence-corrected chi connectivity index (χ4v) is 13.1. The molecular weight excluding hydrogens is 1300 g/mol. The summed E-state index contributed by atoms with van der Waals surface area (Å²) in [7, 11) is 11.7. The first kappa shape index (κ1) is 67.3. The number of nitrogens with one attached hydrogen (secondary N) is 5. The highest BCUT2D eigenvalue weighted by molar-refractivity contribution is 7.05. The monoisotopic (exact) mass is 1380 g/mol. The van der Waals surface area contributed by atoms with E-state index in [0.717, 1.165) is 155 Å². The molecule has 4 aliphatic rings. The maximum absolute atomic E-state index is 12.8. The molecule has 29 nitrogen and oxygen atoms in total. The van der Waals surface area contributed by atoms with E-state index in [1.54, 1.807) is 34.5 Å². The van der Waals surface area contributed by atoms with Gasteiger partial charge in [0.2, 0.25) is 0 Å². The molecule has 0 bridgehead atoms. The van der Waals surface area contributed by atoms with Crippen LogP contribution in [0.3, 0.4) is 0 Å². The highest BCUT2D eigenvalue weighted by Gasteiger charge is 2.34. The molecule has 0 radical (unpaired) electrons. The van der Waals surface area contributed by atoms with Crippen molar-refractivity contribution in [1.29, 1.82) is 0 Å². The molecule has 16 rings (SSSR count). The number of anilines is 3. The Balaban J connectivity index is 0.000000129. The van der Waals surface area contributed by atoms with Gasteiger partial charge in [0.1, 0.15) is 17.5 Å². The van der Waals surface area contributed by atoms with Gasteiger partial charge in [-0.05, 0) is 77.5 Å². The third-order valence-corrected chi connectivity index (χ3v) is 18.9. The molecule has 4 aliphatic heterocycles. The van der Waals surface area contributed by atoms with Crippen LogP contribution in [-0.4, -0.2) is 208 Å². The number of likely N-dealkylation sites (N-methyl/N-ethyl adjacent to an activating group) is 1. The van der Waals surface area contributed by atoms with Crippen LogP contribution >= 0.6 is 11.5 Å². The van der Waals surface area contributed by atoms with Crippen LogP contribution in [0, 0.1) is 11.8 Å². The third-order valence-electron chi connectivity index (χ3n) is 18.1. The van der Waals surface area contributed by atoms with Gasteiger partial charge in [-0.2, -0.15) is 25.5 Å². The van der Waals surface area contributed by atoms with Gasteiger partial charge in [0, 0.05) is 193 Å². The second-order valence-electron chi connectivity index (χ2n) is 25.9. The quantitative estimate of drug-likeness (QED) is 0.0489. The van der Waals surface area contributed by atoms with Crippen LogP contribution < -0.4 is 30.7 Å². The fourth-order valence-electron chi connectivity index (χ4n) is 12.3. The number of carbonyl (C=O) groups excluding carboxylic acids is 1. The number of ether oxygens (including phenoxy) is 1. The average Bonchev–Trinajstić information content (AvgIpc) is 1.80. The summed E-state index contributed by atoms with van der Waals surface area (Å²) < 4.78 is 16.1. The van der Waals surface area contributed by atoms with Crippen LogP contribution in [-0.2, 0) is 40.0 Å². The summed E-state index contributed by atoms with van der Waals surface area (Å²) in [6.07, 6.45) is 24.1. The number of morpholine rings is 1. The Morgan fingerprint density at radius 2 is 1.06 bits per heavy atom. The first-order valence-corrected chi connectivity index (χ1v) is 34.6. The van der Waals surface area contributed by atoms with Gasteiger partial charge >= 0.3 is 6.03 Å². The van der Waals surface area contributed by atoms with Crippen molar-refractivity contribution in [3.63, 3.8) is 0 Å². The van der Waals surface area contributed by atoms with Crippen molar-refractivity contribution in [2.45, 2.75) is 25.0 Å². The summed E-state index contributed by atoms with van der Waals surface area (Å²) in [5, 5.41) is 57.6. The number of rotatable bonds is 18. The fraction of sp³-hybridized carbons (Fsp3) is 0.338. The van der Waals surface area contributed by atoms with E-state index >= 15 is 0 Å². The minimum Gasteiger partial charge on any atom is -0.390 e. The zero-order valence-corrected chi connectivity index (χ0v) is 58.0. The predicted molar refractivity (Wildman–Crippen MR) is 386 cm³/mol. The number of aliphatic hydroxyl groups excluding tert-OH is 1. The number of amides is 1. The van der Waals surface area contributed by atoms with Crippen LogP contribution in [0.5, 0.6) is 0 Å². The first-order valence-electron chi connectivity index (χ1n) is 33.8. The number of nitrogens with zero attached hydrogens (tertiary/aromatic N) is 21. The van der Waals surface area contributed by atoms with Gasteiger partial charge in [0.05, 0.1) is 90.3 Å². The number of likely N-dealkylation sites (tertiary alicyclic amines) is 1. The zero-order valence-electron chi connectivity index (χ0n) is 57.2. The van der Waals surface area contributed by atoms with E-state index < -0.39 is 6.10 Å². The van der Waals surface area contributed by atoms with Gasteiger partial charge in [-0.25, -0.2) is 34.7 Å². The van der Waals surface area contributed by atoms with Gasteiger partial charge in [-0.3, -0.25) is 28.3 Å². The molecule has 30 heteroatoms. The largest absolute Gasteiger partial charge is 0.473 e. The van der Waals surface area contributed by atoms with Crippen molar-refractivity contribution in [1.82, 2.24) is 110 Å². The lowest BCUT2D eigenvalue weighted by molar-refractivity contribution is -0.576. The van der Waals surface area contributed by atoms with E-state index in [1.807, 2.05) is 158 Å². The lowest BCUT2D eigenvalue weighted by Gasteiger charge is -2.30.